The minimum absolute atomic E-state index is 0.457. The topological polar surface area (TPSA) is 3.24 Å². The van der Waals surface area contributed by atoms with Crippen LogP contribution in [0.15, 0.2) is 109 Å². The molecule has 0 saturated heterocycles. The van der Waals surface area contributed by atoms with Gasteiger partial charge in [-0.2, -0.15) is 0 Å². The van der Waals surface area contributed by atoms with Gasteiger partial charge in [0.05, 0.1) is 5.69 Å². The van der Waals surface area contributed by atoms with Gasteiger partial charge in [0.25, 0.3) is 0 Å². The number of anilines is 2. The third kappa shape index (κ3) is 3.07. The SMILES string of the molecule is CC1CC=CC=C1N(c1ccc2sc3ccccc3c2c1)c1cccc2ccccc12. The Morgan fingerprint density at radius 1 is 0.774 bits per heavy atom. The molecule has 0 amide bonds. The van der Waals surface area contributed by atoms with E-state index >= 15 is 0 Å². The van der Waals surface area contributed by atoms with E-state index < -0.39 is 0 Å². The molecular formula is C29H23NS. The number of fused-ring (bicyclic) bond motifs is 4. The summed E-state index contributed by atoms with van der Waals surface area (Å²) in [6, 6.07) is 31.0. The largest absolute Gasteiger partial charge is 0.313 e. The molecule has 0 saturated carbocycles. The van der Waals surface area contributed by atoms with E-state index in [1.807, 2.05) is 11.3 Å². The van der Waals surface area contributed by atoms with Crippen molar-refractivity contribution in [1.82, 2.24) is 0 Å². The molecule has 0 N–H and O–H groups in total. The molecule has 5 aromatic rings. The number of allylic oxidation sites excluding steroid dienone is 4. The lowest BCUT2D eigenvalue weighted by Crippen LogP contribution is -2.22. The minimum atomic E-state index is 0.457. The molecule has 1 unspecified atom stereocenters. The minimum Gasteiger partial charge on any atom is -0.313 e. The Morgan fingerprint density at radius 2 is 1.55 bits per heavy atom. The van der Waals surface area contributed by atoms with Gasteiger partial charge in [0.15, 0.2) is 0 Å². The molecule has 2 heteroatoms. The van der Waals surface area contributed by atoms with Gasteiger partial charge in [0.2, 0.25) is 0 Å². The molecule has 31 heavy (non-hydrogen) atoms. The number of nitrogens with zero attached hydrogens (tertiary/aromatic N) is 1. The highest BCUT2D eigenvalue weighted by Crippen LogP contribution is 2.42. The molecule has 1 atom stereocenters. The van der Waals surface area contributed by atoms with Crippen molar-refractivity contribution in [2.24, 2.45) is 5.92 Å². The quantitative estimate of drug-likeness (QED) is 0.283. The van der Waals surface area contributed by atoms with Crippen molar-refractivity contribution in [3.63, 3.8) is 0 Å². The fourth-order valence-electron chi connectivity index (χ4n) is 4.71. The molecular weight excluding hydrogens is 394 g/mol. The van der Waals surface area contributed by atoms with Gasteiger partial charge < -0.3 is 4.90 Å². The van der Waals surface area contributed by atoms with Crippen molar-refractivity contribution in [3.05, 3.63) is 109 Å². The Morgan fingerprint density at radius 3 is 2.45 bits per heavy atom. The predicted octanol–water partition coefficient (Wildman–Crippen LogP) is 8.83. The predicted molar refractivity (Wildman–Crippen MR) is 136 cm³/mol. The first kappa shape index (κ1) is 18.4. The summed E-state index contributed by atoms with van der Waals surface area (Å²) in [5, 5.41) is 5.23. The van der Waals surface area contributed by atoms with Gasteiger partial charge in [-0.25, -0.2) is 0 Å². The number of thiophene rings is 1. The van der Waals surface area contributed by atoms with Crippen LogP contribution in [0.1, 0.15) is 13.3 Å². The molecule has 0 aliphatic heterocycles. The number of benzene rings is 4. The van der Waals surface area contributed by atoms with Crippen LogP contribution in [0.25, 0.3) is 30.9 Å². The highest BCUT2D eigenvalue weighted by atomic mass is 32.1. The maximum atomic E-state index is 2.47. The maximum Gasteiger partial charge on any atom is 0.0536 e. The van der Waals surface area contributed by atoms with Crippen molar-refractivity contribution >= 4 is 53.7 Å². The Kier molecular flexibility index (Phi) is 4.40. The average molecular weight is 418 g/mol. The van der Waals surface area contributed by atoms with Gasteiger partial charge >= 0.3 is 0 Å². The fraction of sp³-hybridized carbons (Fsp3) is 0.103. The molecule has 1 aromatic heterocycles. The van der Waals surface area contributed by atoms with E-state index in [0.29, 0.717) is 5.92 Å². The number of hydrogen-bond donors (Lipinski definition) is 0. The highest BCUT2D eigenvalue weighted by molar-refractivity contribution is 7.25. The van der Waals surface area contributed by atoms with E-state index in [-0.39, 0.29) is 0 Å². The summed E-state index contributed by atoms with van der Waals surface area (Å²) in [4.78, 5) is 2.47. The van der Waals surface area contributed by atoms with Crippen molar-refractivity contribution in [3.8, 4) is 0 Å². The molecule has 1 aliphatic carbocycles. The zero-order valence-electron chi connectivity index (χ0n) is 17.5. The lowest BCUT2D eigenvalue weighted by molar-refractivity contribution is 0.671. The summed E-state index contributed by atoms with van der Waals surface area (Å²) in [5.74, 6) is 0.457. The molecule has 6 rings (SSSR count). The van der Waals surface area contributed by atoms with Crippen LogP contribution in [-0.2, 0) is 0 Å². The van der Waals surface area contributed by atoms with Crippen LogP contribution < -0.4 is 4.90 Å². The normalized spacial score (nSPS) is 16.2. The first-order valence-electron chi connectivity index (χ1n) is 10.9. The second kappa shape index (κ2) is 7.40. The zero-order chi connectivity index (χ0) is 20.8. The van der Waals surface area contributed by atoms with E-state index in [1.54, 1.807) is 0 Å². The van der Waals surface area contributed by atoms with Crippen LogP contribution >= 0.6 is 11.3 Å². The van der Waals surface area contributed by atoms with Crippen molar-refractivity contribution in [2.75, 3.05) is 4.90 Å². The molecule has 150 valence electrons. The number of rotatable bonds is 3. The first-order valence-corrected chi connectivity index (χ1v) is 11.7. The van der Waals surface area contributed by atoms with E-state index in [1.165, 1.54) is 48.0 Å². The summed E-state index contributed by atoms with van der Waals surface area (Å²) in [5.41, 5.74) is 3.81. The van der Waals surface area contributed by atoms with Gasteiger partial charge in [-0.05, 0) is 48.2 Å². The Hall–Kier alpha value is -3.36. The lowest BCUT2D eigenvalue weighted by atomic mass is 9.95. The fourth-order valence-corrected chi connectivity index (χ4v) is 5.80. The van der Waals surface area contributed by atoms with E-state index in [2.05, 4.69) is 115 Å². The molecule has 0 radical (unpaired) electrons. The third-order valence-electron chi connectivity index (χ3n) is 6.28. The number of hydrogen-bond acceptors (Lipinski definition) is 2. The van der Waals surface area contributed by atoms with Crippen LogP contribution in [0.5, 0.6) is 0 Å². The van der Waals surface area contributed by atoms with Gasteiger partial charge in [-0.1, -0.05) is 73.7 Å². The summed E-state index contributed by atoms with van der Waals surface area (Å²) in [7, 11) is 0. The van der Waals surface area contributed by atoms with Crippen LogP contribution in [0.3, 0.4) is 0 Å². The smallest absolute Gasteiger partial charge is 0.0536 e. The second-order valence-electron chi connectivity index (χ2n) is 8.27. The molecule has 4 aromatic carbocycles. The van der Waals surface area contributed by atoms with Crippen molar-refractivity contribution in [2.45, 2.75) is 13.3 Å². The zero-order valence-corrected chi connectivity index (χ0v) is 18.3. The van der Waals surface area contributed by atoms with E-state index in [9.17, 15) is 0 Å². The van der Waals surface area contributed by atoms with Crippen molar-refractivity contribution in [1.29, 1.82) is 0 Å². The lowest BCUT2D eigenvalue weighted by Gasteiger charge is -2.33. The molecule has 0 bridgehead atoms. The van der Waals surface area contributed by atoms with E-state index in [0.717, 1.165) is 6.42 Å². The molecule has 1 aliphatic rings. The summed E-state index contributed by atoms with van der Waals surface area (Å²) >= 11 is 1.87. The monoisotopic (exact) mass is 417 g/mol. The van der Waals surface area contributed by atoms with Gasteiger partial charge in [-0.3, -0.25) is 0 Å². The second-order valence-corrected chi connectivity index (χ2v) is 9.35. The summed E-state index contributed by atoms with van der Waals surface area (Å²) in [6.45, 7) is 2.33. The molecule has 1 nitrogen and oxygen atoms in total. The Labute approximate surface area is 186 Å². The van der Waals surface area contributed by atoms with Crippen molar-refractivity contribution < 1.29 is 0 Å². The van der Waals surface area contributed by atoms with E-state index in [4.69, 9.17) is 0 Å². The Balaban J connectivity index is 1.63. The average Bonchev–Trinajstić information content (AvgIpc) is 3.19. The molecule has 1 heterocycles. The van der Waals surface area contributed by atoms with Crippen LogP contribution in [0, 0.1) is 5.92 Å². The van der Waals surface area contributed by atoms with Gasteiger partial charge in [-0.15, -0.1) is 11.3 Å². The molecule has 0 fully saturated rings. The van der Waals surface area contributed by atoms with Crippen LogP contribution in [0.4, 0.5) is 11.4 Å². The first-order chi connectivity index (χ1) is 15.3. The summed E-state index contributed by atoms with van der Waals surface area (Å²) < 4.78 is 2.69. The maximum absolute atomic E-state index is 2.47. The Bertz CT molecular complexity index is 1480. The summed E-state index contributed by atoms with van der Waals surface area (Å²) in [6.07, 6.45) is 7.82. The standard InChI is InChI=1S/C29H23NS/c1-20-9-2-6-14-26(20)30(27-15-8-11-21-10-3-4-12-23(21)27)22-17-18-29-25(19-22)24-13-5-7-16-28(24)31-29/h2-8,10-20H,9H2,1H3. The van der Waals surface area contributed by atoms with Gasteiger partial charge in [0.1, 0.15) is 0 Å². The van der Waals surface area contributed by atoms with Crippen LogP contribution in [0.2, 0.25) is 0 Å². The van der Waals surface area contributed by atoms with Crippen LogP contribution in [-0.4, -0.2) is 0 Å². The molecule has 0 spiro atoms. The third-order valence-corrected chi connectivity index (χ3v) is 7.43. The van der Waals surface area contributed by atoms with Gasteiger partial charge in [0, 0.05) is 42.9 Å². The highest BCUT2D eigenvalue weighted by Gasteiger charge is 2.22.